The molecule has 0 radical (unpaired) electrons. The van der Waals surface area contributed by atoms with Crippen molar-refractivity contribution in [1.82, 2.24) is 15.0 Å². The molecule has 0 unspecified atom stereocenters. The molecule has 0 bridgehead atoms. The van der Waals surface area contributed by atoms with Gasteiger partial charge in [0.25, 0.3) is 0 Å². The van der Waals surface area contributed by atoms with Gasteiger partial charge in [-0.05, 0) is 43.7 Å². The number of aromatic nitrogens is 3. The van der Waals surface area contributed by atoms with Crippen molar-refractivity contribution in [3.8, 4) is 22.7 Å². The van der Waals surface area contributed by atoms with Crippen LogP contribution in [0.5, 0.6) is 0 Å². The van der Waals surface area contributed by atoms with Crippen molar-refractivity contribution in [3.05, 3.63) is 60.1 Å². The number of aryl methyl sites for hydroxylation is 2. The van der Waals surface area contributed by atoms with Gasteiger partial charge in [-0.2, -0.15) is 0 Å². The number of nitrogens with zero attached hydrogens (tertiary/aromatic N) is 3. The fraction of sp³-hybridized carbons (Fsp3) is 0.105. The predicted molar refractivity (Wildman–Crippen MR) is 94.4 cm³/mol. The summed E-state index contributed by atoms with van der Waals surface area (Å²) in [5.41, 5.74) is 10.3. The largest absolute Gasteiger partial charge is 0.460 e. The minimum Gasteiger partial charge on any atom is -0.460 e. The van der Waals surface area contributed by atoms with Gasteiger partial charge < -0.3 is 10.2 Å². The highest BCUT2D eigenvalue weighted by molar-refractivity contribution is 5.90. The number of rotatable bonds is 2. The van der Waals surface area contributed by atoms with E-state index >= 15 is 0 Å². The van der Waals surface area contributed by atoms with Gasteiger partial charge in [-0.25, -0.2) is 9.97 Å². The van der Waals surface area contributed by atoms with Crippen LogP contribution in [-0.4, -0.2) is 15.0 Å². The van der Waals surface area contributed by atoms with Gasteiger partial charge in [0.1, 0.15) is 23.0 Å². The van der Waals surface area contributed by atoms with Crippen molar-refractivity contribution in [3.63, 3.8) is 0 Å². The van der Waals surface area contributed by atoms with E-state index in [4.69, 9.17) is 10.2 Å². The molecule has 5 nitrogen and oxygen atoms in total. The molecule has 0 atom stereocenters. The van der Waals surface area contributed by atoms with E-state index in [1.165, 1.54) is 0 Å². The smallest absolute Gasteiger partial charge is 0.154 e. The average Bonchev–Trinajstić information content (AvgIpc) is 3.02. The lowest BCUT2D eigenvalue weighted by Gasteiger charge is -2.11. The number of hydrogen-bond donors (Lipinski definition) is 1. The first kappa shape index (κ1) is 14.4. The first-order valence-corrected chi connectivity index (χ1v) is 7.67. The first-order valence-electron chi connectivity index (χ1n) is 7.67. The maximum atomic E-state index is 5.85. The van der Waals surface area contributed by atoms with E-state index in [9.17, 15) is 0 Å². The van der Waals surface area contributed by atoms with Gasteiger partial charge in [-0.3, -0.25) is 4.98 Å². The maximum Gasteiger partial charge on any atom is 0.154 e. The van der Waals surface area contributed by atoms with E-state index < -0.39 is 0 Å². The van der Waals surface area contributed by atoms with Crippen molar-refractivity contribution in [2.45, 2.75) is 13.8 Å². The lowest BCUT2D eigenvalue weighted by atomic mass is 9.99. The Hall–Kier alpha value is -3.21. The van der Waals surface area contributed by atoms with Gasteiger partial charge in [-0.1, -0.05) is 12.1 Å². The zero-order valence-corrected chi connectivity index (χ0v) is 13.4. The highest BCUT2D eigenvalue weighted by atomic mass is 16.3. The monoisotopic (exact) mass is 316 g/mol. The number of benzene rings is 1. The van der Waals surface area contributed by atoms with Crippen molar-refractivity contribution in [2.24, 2.45) is 0 Å². The summed E-state index contributed by atoms with van der Waals surface area (Å²) in [4.78, 5) is 13.4. The minimum absolute atomic E-state index is 0.364. The molecule has 5 heteroatoms. The van der Waals surface area contributed by atoms with Gasteiger partial charge in [0.2, 0.25) is 0 Å². The Labute approximate surface area is 139 Å². The molecule has 0 fully saturated rings. The number of furan rings is 1. The quantitative estimate of drug-likeness (QED) is 0.601. The highest BCUT2D eigenvalue weighted by Gasteiger charge is 2.17. The predicted octanol–water partition coefficient (Wildman–Crippen LogP) is 4.15. The number of anilines is 1. The first-order chi connectivity index (χ1) is 11.6. The summed E-state index contributed by atoms with van der Waals surface area (Å²) in [5, 5.41) is 1.09. The number of fused-ring (bicyclic) bond motifs is 1. The Morgan fingerprint density at radius 3 is 2.62 bits per heavy atom. The van der Waals surface area contributed by atoms with E-state index in [0.717, 1.165) is 33.5 Å². The van der Waals surface area contributed by atoms with Crippen LogP contribution in [0.3, 0.4) is 0 Å². The molecule has 0 amide bonds. The summed E-state index contributed by atoms with van der Waals surface area (Å²) >= 11 is 0. The minimum atomic E-state index is 0.364. The molecule has 0 aliphatic rings. The van der Waals surface area contributed by atoms with Gasteiger partial charge in [-0.15, -0.1) is 0 Å². The van der Waals surface area contributed by atoms with Crippen molar-refractivity contribution >= 4 is 16.7 Å². The molecule has 1 aromatic carbocycles. The van der Waals surface area contributed by atoms with E-state index in [0.29, 0.717) is 17.3 Å². The third-order valence-electron chi connectivity index (χ3n) is 4.07. The molecule has 0 saturated heterocycles. The summed E-state index contributed by atoms with van der Waals surface area (Å²) in [6, 6.07) is 11.8. The summed E-state index contributed by atoms with van der Waals surface area (Å²) in [6.07, 6.45) is 3.36. The summed E-state index contributed by atoms with van der Waals surface area (Å²) in [6.45, 7) is 3.96. The Morgan fingerprint density at radius 1 is 0.958 bits per heavy atom. The van der Waals surface area contributed by atoms with Crippen LogP contribution in [-0.2, 0) is 0 Å². The van der Waals surface area contributed by atoms with Gasteiger partial charge >= 0.3 is 0 Å². The molecule has 0 saturated carbocycles. The van der Waals surface area contributed by atoms with Gasteiger partial charge in [0, 0.05) is 17.1 Å². The Bertz CT molecular complexity index is 1050. The second-order valence-corrected chi connectivity index (χ2v) is 5.71. The molecular formula is C19H16N4O. The lowest BCUT2D eigenvalue weighted by Crippen LogP contribution is -1.99. The third kappa shape index (κ3) is 2.31. The standard InChI is InChI=1S/C19H16N4O/c1-11-5-8-16(24-11)19-18(22-10-17(20)23-19)14-6-7-15-13(12(14)2)4-3-9-21-15/h3-10H,1-2H3,(H2,20,23). The average molecular weight is 316 g/mol. The van der Waals surface area contributed by atoms with E-state index in [1.807, 2.05) is 37.3 Å². The zero-order chi connectivity index (χ0) is 16.7. The molecule has 0 aliphatic carbocycles. The number of hydrogen-bond acceptors (Lipinski definition) is 5. The molecule has 3 aromatic heterocycles. The van der Waals surface area contributed by atoms with Crippen molar-refractivity contribution in [1.29, 1.82) is 0 Å². The molecular weight excluding hydrogens is 300 g/mol. The maximum absolute atomic E-state index is 5.85. The summed E-state index contributed by atoms with van der Waals surface area (Å²) < 4.78 is 5.74. The number of nitrogen functional groups attached to an aromatic ring is 1. The molecule has 3 heterocycles. The van der Waals surface area contributed by atoms with Crippen LogP contribution < -0.4 is 5.73 Å². The molecule has 4 rings (SSSR count). The Morgan fingerprint density at radius 2 is 1.83 bits per heavy atom. The van der Waals surface area contributed by atoms with Crippen LogP contribution in [0.4, 0.5) is 5.82 Å². The van der Waals surface area contributed by atoms with E-state index in [-0.39, 0.29) is 0 Å². The van der Waals surface area contributed by atoms with Crippen molar-refractivity contribution < 1.29 is 4.42 Å². The van der Waals surface area contributed by atoms with Crippen molar-refractivity contribution in [2.75, 3.05) is 5.73 Å². The fourth-order valence-corrected chi connectivity index (χ4v) is 2.89. The van der Waals surface area contributed by atoms with E-state index in [1.54, 1.807) is 12.4 Å². The Kier molecular flexibility index (Phi) is 3.27. The molecule has 118 valence electrons. The SMILES string of the molecule is Cc1ccc(-c2nc(N)cnc2-c2ccc3ncccc3c2C)o1. The van der Waals surface area contributed by atoms with Crippen LogP contribution in [0.15, 0.2) is 53.2 Å². The second-order valence-electron chi connectivity index (χ2n) is 5.71. The topological polar surface area (TPSA) is 77.8 Å². The second kappa shape index (κ2) is 5.45. The third-order valence-corrected chi connectivity index (χ3v) is 4.07. The van der Waals surface area contributed by atoms with E-state index in [2.05, 4.69) is 27.9 Å². The number of pyridine rings is 1. The van der Waals surface area contributed by atoms with Crippen LogP contribution in [0.2, 0.25) is 0 Å². The molecule has 4 aromatic rings. The van der Waals surface area contributed by atoms with Crippen LogP contribution in [0.1, 0.15) is 11.3 Å². The molecule has 24 heavy (non-hydrogen) atoms. The summed E-state index contributed by atoms with van der Waals surface area (Å²) in [5.74, 6) is 1.84. The lowest BCUT2D eigenvalue weighted by molar-refractivity contribution is 0.546. The highest BCUT2D eigenvalue weighted by Crippen LogP contribution is 2.34. The normalized spacial score (nSPS) is 11.1. The molecule has 2 N–H and O–H groups in total. The summed E-state index contributed by atoms with van der Waals surface area (Å²) in [7, 11) is 0. The zero-order valence-electron chi connectivity index (χ0n) is 13.4. The van der Waals surface area contributed by atoms with Gasteiger partial charge in [0.15, 0.2) is 5.76 Å². The molecule has 0 aliphatic heterocycles. The Balaban J connectivity index is 1.99. The van der Waals surface area contributed by atoms with Crippen LogP contribution in [0, 0.1) is 13.8 Å². The molecule has 0 spiro atoms. The fourth-order valence-electron chi connectivity index (χ4n) is 2.89. The van der Waals surface area contributed by atoms with Crippen LogP contribution in [0.25, 0.3) is 33.6 Å². The number of nitrogens with two attached hydrogens (primary N) is 1. The van der Waals surface area contributed by atoms with Gasteiger partial charge in [0.05, 0.1) is 11.7 Å². The van der Waals surface area contributed by atoms with Crippen LogP contribution >= 0.6 is 0 Å².